The van der Waals surface area contributed by atoms with Crippen molar-refractivity contribution in [3.8, 4) is 11.8 Å². The first kappa shape index (κ1) is 22.1. The molecule has 29 heavy (non-hydrogen) atoms. The van der Waals surface area contributed by atoms with Gasteiger partial charge in [0.2, 0.25) is 5.91 Å². The number of nitrogens with two attached hydrogens (primary N) is 1. The van der Waals surface area contributed by atoms with Crippen LogP contribution in [0.2, 0.25) is 0 Å². The maximum absolute atomic E-state index is 15.5. The van der Waals surface area contributed by atoms with Gasteiger partial charge < -0.3 is 15.8 Å². The fourth-order valence-corrected chi connectivity index (χ4v) is 3.23. The smallest absolute Gasteiger partial charge is 0.218 e. The van der Waals surface area contributed by atoms with Gasteiger partial charge in [0.05, 0.1) is 18.7 Å². The molecule has 152 valence electrons. The highest BCUT2D eigenvalue weighted by Gasteiger charge is 2.26. The quantitative estimate of drug-likeness (QED) is 0.632. The summed E-state index contributed by atoms with van der Waals surface area (Å²) in [4.78, 5) is 24.2. The fraction of sp³-hybridized carbons (Fsp3) is 0.318. The average Bonchev–Trinajstić information content (AvgIpc) is 2.71. The molecule has 0 aliphatic carbocycles. The van der Waals surface area contributed by atoms with Crippen molar-refractivity contribution in [2.24, 2.45) is 5.73 Å². The largest absolute Gasteiger partial charge is 0.496 e. The number of carbonyl (C=O) groups is 2. The standard InChI is InChI=1S/C22H24FN3O3/c1-4-17(26-13(2)10-19(25)27)16-8-9-18(29-3)20(21(16)23)22(28)15-7-5-6-14(11-15)12-24/h5-9,11,13,17,26H,4,10H2,1-3H3,(H2,25,27)/t13-,17-/m1/s1. The van der Waals surface area contributed by atoms with E-state index in [1.165, 1.54) is 19.2 Å². The molecule has 0 aromatic heterocycles. The van der Waals surface area contributed by atoms with Crippen LogP contribution in [0.25, 0.3) is 0 Å². The van der Waals surface area contributed by atoms with Crippen LogP contribution in [0.3, 0.4) is 0 Å². The van der Waals surface area contributed by atoms with Crippen molar-refractivity contribution in [3.63, 3.8) is 0 Å². The summed E-state index contributed by atoms with van der Waals surface area (Å²) >= 11 is 0. The van der Waals surface area contributed by atoms with Gasteiger partial charge in [0, 0.05) is 29.6 Å². The monoisotopic (exact) mass is 397 g/mol. The first-order valence-electron chi connectivity index (χ1n) is 9.27. The van der Waals surface area contributed by atoms with Gasteiger partial charge in [0.25, 0.3) is 0 Å². The number of benzene rings is 2. The predicted octanol–water partition coefficient (Wildman–Crippen LogP) is 3.24. The average molecular weight is 397 g/mol. The normalized spacial score (nSPS) is 12.7. The molecule has 2 aromatic carbocycles. The third-order valence-electron chi connectivity index (χ3n) is 4.61. The number of methoxy groups -OCH3 is 1. The number of hydrogen-bond acceptors (Lipinski definition) is 5. The molecule has 0 fully saturated rings. The van der Waals surface area contributed by atoms with Gasteiger partial charge in [-0.05, 0) is 31.5 Å². The van der Waals surface area contributed by atoms with Crippen LogP contribution in [0.5, 0.6) is 5.75 Å². The second kappa shape index (κ2) is 9.80. The minimum Gasteiger partial charge on any atom is -0.496 e. The number of nitriles is 1. The van der Waals surface area contributed by atoms with Crippen LogP contribution in [0.15, 0.2) is 36.4 Å². The van der Waals surface area contributed by atoms with Gasteiger partial charge in [-0.2, -0.15) is 5.26 Å². The number of primary amides is 1. The molecule has 0 aliphatic heterocycles. The van der Waals surface area contributed by atoms with Crippen molar-refractivity contribution in [3.05, 3.63) is 64.5 Å². The Labute approximate surface area is 169 Å². The van der Waals surface area contributed by atoms with E-state index in [9.17, 15) is 9.59 Å². The van der Waals surface area contributed by atoms with Crippen LogP contribution in [0.4, 0.5) is 4.39 Å². The number of carbonyl (C=O) groups excluding carboxylic acids is 2. The molecule has 2 atom stereocenters. The van der Waals surface area contributed by atoms with Crippen molar-refractivity contribution in [2.75, 3.05) is 7.11 Å². The molecule has 2 rings (SSSR count). The van der Waals surface area contributed by atoms with Crippen molar-refractivity contribution >= 4 is 11.7 Å². The SMILES string of the molecule is CC[C@@H](N[C@H](C)CC(N)=O)c1ccc(OC)c(C(=O)c2cccc(C#N)c2)c1F. The van der Waals surface area contributed by atoms with Crippen LogP contribution in [0, 0.1) is 17.1 Å². The zero-order valence-corrected chi connectivity index (χ0v) is 16.7. The zero-order chi connectivity index (χ0) is 21.6. The highest BCUT2D eigenvalue weighted by Crippen LogP contribution is 2.31. The summed E-state index contributed by atoms with van der Waals surface area (Å²) in [6, 6.07) is 10.5. The number of hydrogen-bond donors (Lipinski definition) is 2. The van der Waals surface area contributed by atoms with Gasteiger partial charge in [-0.15, -0.1) is 0 Å². The molecular weight excluding hydrogens is 373 g/mol. The number of nitrogens with one attached hydrogen (secondary N) is 1. The lowest BCUT2D eigenvalue weighted by Crippen LogP contribution is -2.34. The number of ether oxygens (including phenoxy) is 1. The molecule has 0 spiro atoms. The van der Waals surface area contributed by atoms with E-state index in [2.05, 4.69) is 5.32 Å². The second-order valence-electron chi connectivity index (χ2n) is 6.77. The topological polar surface area (TPSA) is 105 Å². The van der Waals surface area contributed by atoms with Crippen molar-refractivity contribution in [2.45, 2.75) is 38.8 Å². The molecular formula is C22H24FN3O3. The van der Waals surface area contributed by atoms with Gasteiger partial charge in [0.15, 0.2) is 5.78 Å². The molecule has 0 bridgehead atoms. The first-order valence-corrected chi connectivity index (χ1v) is 9.27. The van der Waals surface area contributed by atoms with E-state index in [1.807, 2.05) is 13.0 Å². The van der Waals surface area contributed by atoms with E-state index in [1.54, 1.807) is 31.2 Å². The van der Waals surface area contributed by atoms with Crippen molar-refractivity contribution in [1.29, 1.82) is 5.26 Å². The van der Waals surface area contributed by atoms with E-state index in [4.69, 9.17) is 15.7 Å². The van der Waals surface area contributed by atoms with E-state index in [-0.39, 0.29) is 29.3 Å². The van der Waals surface area contributed by atoms with Crippen molar-refractivity contribution < 1.29 is 18.7 Å². The van der Waals surface area contributed by atoms with Crippen LogP contribution in [-0.4, -0.2) is 24.8 Å². The Morgan fingerprint density at radius 3 is 2.62 bits per heavy atom. The lowest BCUT2D eigenvalue weighted by Gasteiger charge is -2.24. The number of ketones is 1. The number of rotatable bonds is 9. The molecule has 0 saturated heterocycles. The molecule has 0 heterocycles. The maximum Gasteiger partial charge on any atom is 0.218 e. The van der Waals surface area contributed by atoms with Gasteiger partial charge in [-0.3, -0.25) is 9.59 Å². The molecule has 0 radical (unpaired) electrons. The van der Waals surface area contributed by atoms with Crippen LogP contribution in [0.1, 0.15) is 59.8 Å². The lowest BCUT2D eigenvalue weighted by molar-refractivity contribution is -0.118. The maximum atomic E-state index is 15.5. The third-order valence-corrected chi connectivity index (χ3v) is 4.61. The Morgan fingerprint density at radius 1 is 1.31 bits per heavy atom. The summed E-state index contributed by atoms with van der Waals surface area (Å²) in [5, 5.41) is 12.2. The first-order chi connectivity index (χ1) is 13.8. The van der Waals surface area contributed by atoms with Crippen LogP contribution >= 0.6 is 0 Å². The predicted molar refractivity (Wildman–Crippen MR) is 107 cm³/mol. The summed E-state index contributed by atoms with van der Waals surface area (Å²) < 4.78 is 20.7. The fourth-order valence-electron chi connectivity index (χ4n) is 3.23. The third kappa shape index (κ3) is 5.18. The van der Waals surface area contributed by atoms with Gasteiger partial charge >= 0.3 is 0 Å². The summed E-state index contributed by atoms with van der Waals surface area (Å²) in [6.07, 6.45) is 0.644. The lowest BCUT2D eigenvalue weighted by atomic mass is 9.94. The summed E-state index contributed by atoms with van der Waals surface area (Å²) in [7, 11) is 1.36. The number of halogens is 1. The minimum atomic E-state index is -0.692. The molecule has 6 nitrogen and oxygen atoms in total. The molecule has 0 saturated carbocycles. The Hall–Kier alpha value is -3.24. The highest BCUT2D eigenvalue weighted by atomic mass is 19.1. The Balaban J connectivity index is 2.48. The molecule has 1 amide bonds. The summed E-state index contributed by atoms with van der Waals surface area (Å²) in [6.45, 7) is 3.66. The molecule has 7 heteroatoms. The van der Waals surface area contributed by atoms with E-state index >= 15 is 4.39 Å². The molecule has 0 unspecified atom stereocenters. The highest BCUT2D eigenvalue weighted by molar-refractivity contribution is 6.11. The van der Waals surface area contributed by atoms with Gasteiger partial charge in [-0.1, -0.05) is 25.1 Å². The molecule has 3 N–H and O–H groups in total. The van der Waals surface area contributed by atoms with Crippen molar-refractivity contribution in [1.82, 2.24) is 5.32 Å². The van der Waals surface area contributed by atoms with E-state index in [0.29, 0.717) is 17.5 Å². The number of nitrogens with zero attached hydrogens (tertiary/aromatic N) is 1. The Bertz CT molecular complexity index is 953. The zero-order valence-electron chi connectivity index (χ0n) is 16.7. The van der Waals surface area contributed by atoms with Gasteiger partial charge in [-0.25, -0.2) is 4.39 Å². The van der Waals surface area contributed by atoms with Gasteiger partial charge in [0.1, 0.15) is 17.1 Å². The molecule has 2 aromatic rings. The second-order valence-corrected chi connectivity index (χ2v) is 6.77. The van der Waals surface area contributed by atoms with E-state index < -0.39 is 23.5 Å². The Morgan fingerprint density at radius 2 is 2.03 bits per heavy atom. The number of amides is 1. The van der Waals surface area contributed by atoms with Crippen LogP contribution in [-0.2, 0) is 4.79 Å². The summed E-state index contributed by atoms with van der Waals surface area (Å²) in [5.74, 6) is -1.61. The minimum absolute atomic E-state index is 0.110. The molecule has 0 aliphatic rings. The van der Waals surface area contributed by atoms with E-state index in [0.717, 1.165) is 0 Å². The Kier molecular flexibility index (Phi) is 7.46. The van der Waals surface area contributed by atoms with Crippen LogP contribution < -0.4 is 15.8 Å². The summed E-state index contributed by atoms with van der Waals surface area (Å²) in [5.41, 5.74) is 5.84.